The van der Waals surface area contributed by atoms with Crippen molar-refractivity contribution in [2.24, 2.45) is 0 Å². The Hall–Kier alpha value is -0.960. The Labute approximate surface area is 89.8 Å². The molecule has 0 radical (unpaired) electrons. The highest BCUT2D eigenvalue weighted by Gasteiger charge is 2.26. The topological polar surface area (TPSA) is 17.1 Å². The molecule has 14 heavy (non-hydrogen) atoms. The molecule has 1 aliphatic carbocycles. The summed E-state index contributed by atoms with van der Waals surface area (Å²) in [5, 5.41) is 0. The van der Waals surface area contributed by atoms with Crippen molar-refractivity contribution >= 4 is 21.7 Å². The van der Waals surface area contributed by atoms with Gasteiger partial charge in [0.1, 0.15) is 5.83 Å². The van der Waals surface area contributed by atoms with Crippen LogP contribution in [0.1, 0.15) is 17.9 Å². The number of carbonyl (C=O) groups excluding carboxylic acids is 1. The molecule has 2 rings (SSSR count). The molecule has 1 aromatic rings. The molecule has 0 amide bonds. The van der Waals surface area contributed by atoms with Crippen LogP contribution in [0.15, 0.2) is 40.6 Å². The van der Waals surface area contributed by atoms with Crippen LogP contribution in [0.4, 0.5) is 4.39 Å². The number of hydrogen-bond acceptors (Lipinski definition) is 1. The molecule has 1 aromatic carbocycles. The highest BCUT2D eigenvalue weighted by atomic mass is 79.9. The number of halogens is 2. The van der Waals surface area contributed by atoms with Crippen LogP contribution in [-0.2, 0) is 4.79 Å². The Morgan fingerprint density at radius 3 is 2.43 bits per heavy atom. The molecule has 0 fully saturated rings. The molecule has 0 saturated heterocycles. The summed E-state index contributed by atoms with van der Waals surface area (Å²) in [4.78, 5) is 11.0. The zero-order chi connectivity index (χ0) is 10.1. The van der Waals surface area contributed by atoms with Gasteiger partial charge in [0.05, 0.1) is 0 Å². The Balaban J connectivity index is 2.29. The maximum Gasteiger partial charge on any atom is 0.159 e. The molecule has 0 heterocycles. The number of benzene rings is 1. The van der Waals surface area contributed by atoms with Crippen LogP contribution in [-0.4, -0.2) is 5.78 Å². The molecule has 0 bridgehead atoms. The number of rotatable bonds is 1. The summed E-state index contributed by atoms with van der Waals surface area (Å²) in [5.74, 6) is -0.816. The molecule has 1 atom stereocenters. The van der Waals surface area contributed by atoms with Crippen molar-refractivity contribution < 1.29 is 9.18 Å². The van der Waals surface area contributed by atoms with Gasteiger partial charge < -0.3 is 0 Å². The van der Waals surface area contributed by atoms with Gasteiger partial charge in [0.25, 0.3) is 0 Å². The number of carbonyl (C=O) groups is 1. The second-order valence-electron chi connectivity index (χ2n) is 3.30. The molecule has 0 aromatic heterocycles. The van der Waals surface area contributed by atoms with Gasteiger partial charge in [-0.25, -0.2) is 4.39 Å². The van der Waals surface area contributed by atoms with Crippen molar-refractivity contribution in [3.8, 4) is 0 Å². The largest absolute Gasteiger partial charge is 0.295 e. The van der Waals surface area contributed by atoms with Gasteiger partial charge >= 0.3 is 0 Å². The number of ketones is 1. The second-order valence-corrected chi connectivity index (χ2v) is 4.22. The standard InChI is InChI=1S/C11H8BrFO/c12-8-3-1-7(2-4-8)10-5-9(14)6-11(10)13/h1-4,6,10H,5H2. The summed E-state index contributed by atoms with van der Waals surface area (Å²) in [7, 11) is 0. The lowest BCUT2D eigenvalue weighted by Crippen LogP contribution is -1.97. The molecule has 1 unspecified atom stereocenters. The van der Waals surface area contributed by atoms with Gasteiger partial charge in [-0.05, 0) is 17.7 Å². The summed E-state index contributed by atoms with van der Waals surface area (Å²) >= 11 is 3.31. The van der Waals surface area contributed by atoms with Gasteiger partial charge in [-0.3, -0.25) is 4.79 Å². The molecule has 1 aliphatic rings. The maximum absolute atomic E-state index is 13.3. The maximum atomic E-state index is 13.3. The van der Waals surface area contributed by atoms with Gasteiger partial charge in [-0.2, -0.15) is 0 Å². The monoisotopic (exact) mass is 254 g/mol. The predicted molar refractivity (Wildman–Crippen MR) is 55.7 cm³/mol. The second kappa shape index (κ2) is 3.65. The third kappa shape index (κ3) is 1.77. The third-order valence-corrected chi connectivity index (χ3v) is 2.84. The molecule has 0 spiro atoms. The third-order valence-electron chi connectivity index (χ3n) is 2.31. The van der Waals surface area contributed by atoms with Crippen LogP contribution in [0.2, 0.25) is 0 Å². The van der Waals surface area contributed by atoms with Gasteiger partial charge in [0, 0.05) is 22.9 Å². The van der Waals surface area contributed by atoms with Crippen molar-refractivity contribution in [2.45, 2.75) is 12.3 Å². The van der Waals surface area contributed by atoms with Crippen molar-refractivity contribution in [1.29, 1.82) is 0 Å². The molecule has 3 heteroatoms. The van der Waals surface area contributed by atoms with E-state index in [2.05, 4.69) is 15.9 Å². The fourth-order valence-corrected chi connectivity index (χ4v) is 1.85. The quantitative estimate of drug-likeness (QED) is 0.751. The van der Waals surface area contributed by atoms with E-state index < -0.39 is 0 Å². The van der Waals surface area contributed by atoms with Gasteiger partial charge in [-0.15, -0.1) is 0 Å². The summed E-state index contributed by atoms with van der Waals surface area (Å²) < 4.78 is 14.2. The van der Waals surface area contributed by atoms with E-state index in [1.165, 1.54) is 0 Å². The Kier molecular flexibility index (Phi) is 2.50. The fourth-order valence-electron chi connectivity index (χ4n) is 1.58. The van der Waals surface area contributed by atoms with Crippen molar-refractivity contribution in [1.82, 2.24) is 0 Å². The first-order valence-corrected chi connectivity index (χ1v) is 5.11. The molecule has 1 nitrogen and oxygen atoms in total. The van der Waals surface area contributed by atoms with E-state index in [0.29, 0.717) is 0 Å². The van der Waals surface area contributed by atoms with Crippen molar-refractivity contribution in [2.75, 3.05) is 0 Å². The molecule has 0 N–H and O–H groups in total. The predicted octanol–water partition coefficient (Wildman–Crippen LogP) is 3.36. The van der Waals surface area contributed by atoms with E-state index in [4.69, 9.17) is 0 Å². The van der Waals surface area contributed by atoms with E-state index in [9.17, 15) is 9.18 Å². The average Bonchev–Trinajstić information content (AvgIpc) is 2.47. The zero-order valence-corrected chi connectivity index (χ0v) is 8.92. The average molecular weight is 255 g/mol. The van der Waals surface area contributed by atoms with Crippen LogP contribution >= 0.6 is 15.9 Å². The fraction of sp³-hybridized carbons (Fsp3) is 0.182. The first-order valence-electron chi connectivity index (χ1n) is 4.32. The minimum Gasteiger partial charge on any atom is -0.295 e. The minimum atomic E-state index is -0.365. The SMILES string of the molecule is O=C1C=C(F)C(c2ccc(Br)cc2)C1. The molecular formula is C11H8BrFO. The zero-order valence-electron chi connectivity index (χ0n) is 7.34. The Bertz CT molecular complexity index is 394. The summed E-state index contributed by atoms with van der Waals surface area (Å²) in [6, 6.07) is 7.37. The first-order chi connectivity index (χ1) is 6.66. The summed E-state index contributed by atoms with van der Waals surface area (Å²) in [6.45, 7) is 0. The number of hydrogen-bond donors (Lipinski definition) is 0. The van der Waals surface area contributed by atoms with Gasteiger partial charge in [0.2, 0.25) is 0 Å². The lowest BCUT2D eigenvalue weighted by atomic mass is 9.98. The molecule has 72 valence electrons. The van der Waals surface area contributed by atoms with E-state index in [-0.39, 0.29) is 23.9 Å². The molecular weight excluding hydrogens is 247 g/mol. The van der Waals surface area contributed by atoms with Crippen LogP contribution in [0, 0.1) is 0 Å². The first kappa shape index (κ1) is 9.59. The van der Waals surface area contributed by atoms with Crippen LogP contribution in [0.25, 0.3) is 0 Å². The highest BCUT2D eigenvalue weighted by Crippen LogP contribution is 2.34. The van der Waals surface area contributed by atoms with E-state index in [0.717, 1.165) is 16.1 Å². The summed E-state index contributed by atoms with van der Waals surface area (Å²) in [5.41, 5.74) is 0.854. The smallest absolute Gasteiger partial charge is 0.159 e. The van der Waals surface area contributed by atoms with Crippen LogP contribution in [0.5, 0.6) is 0 Å². The lowest BCUT2D eigenvalue weighted by Gasteiger charge is -2.08. The van der Waals surface area contributed by atoms with E-state index >= 15 is 0 Å². The van der Waals surface area contributed by atoms with Gasteiger partial charge in [-0.1, -0.05) is 28.1 Å². The molecule has 0 saturated carbocycles. The normalized spacial score (nSPS) is 21.1. The summed E-state index contributed by atoms with van der Waals surface area (Å²) in [6.07, 6.45) is 1.35. The van der Waals surface area contributed by atoms with E-state index in [1.54, 1.807) is 0 Å². The van der Waals surface area contributed by atoms with Crippen LogP contribution in [0.3, 0.4) is 0 Å². The van der Waals surface area contributed by atoms with Crippen LogP contribution < -0.4 is 0 Å². The molecule has 0 aliphatic heterocycles. The minimum absolute atomic E-state index is 0.129. The van der Waals surface area contributed by atoms with Gasteiger partial charge in [0.15, 0.2) is 5.78 Å². The van der Waals surface area contributed by atoms with E-state index in [1.807, 2.05) is 24.3 Å². The lowest BCUT2D eigenvalue weighted by molar-refractivity contribution is -0.114. The Morgan fingerprint density at radius 1 is 1.29 bits per heavy atom. The van der Waals surface area contributed by atoms with Crippen molar-refractivity contribution in [3.05, 3.63) is 46.2 Å². The van der Waals surface area contributed by atoms with Crippen molar-refractivity contribution in [3.63, 3.8) is 0 Å². The Morgan fingerprint density at radius 2 is 1.93 bits per heavy atom. The highest BCUT2D eigenvalue weighted by molar-refractivity contribution is 9.10. The number of allylic oxidation sites excluding steroid dienone is 2.